The summed E-state index contributed by atoms with van der Waals surface area (Å²) in [5.41, 5.74) is 3.25. The summed E-state index contributed by atoms with van der Waals surface area (Å²) in [7, 11) is -3.66. The van der Waals surface area contributed by atoms with Crippen molar-refractivity contribution >= 4 is 27.3 Å². The van der Waals surface area contributed by atoms with Gasteiger partial charge in [-0.1, -0.05) is 12.1 Å². The number of anilines is 2. The monoisotopic (exact) mass is 344 g/mol. The Morgan fingerprint density at radius 1 is 1.04 bits per heavy atom. The van der Waals surface area contributed by atoms with Gasteiger partial charge in [0.2, 0.25) is 5.91 Å². The fourth-order valence-electron chi connectivity index (χ4n) is 2.79. The fourth-order valence-corrected chi connectivity index (χ4v) is 3.91. The normalized spacial score (nSPS) is 14.9. The SMILES string of the molecule is Cc1cccc(NS(=O)(=O)c2ccc(N3CCCC3=O)cc2)c1C. The van der Waals surface area contributed by atoms with Crippen molar-refractivity contribution in [3.8, 4) is 0 Å². The van der Waals surface area contributed by atoms with E-state index in [4.69, 9.17) is 0 Å². The minimum absolute atomic E-state index is 0.0825. The second kappa shape index (κ2) is 6.28. The van der Waals surface area contributed by atoms with Crippen LogP contribution in [-0.4, -0.2) is 20.9 Å². The van der Waals surface area contributed by atoms with Crippen molar-refractivity contribution in [3.05, 3.63) is 53.6 Å². The number of benzene rings is 2. The van der Waals surface area contributed by atoms with Gasteiger partial charge in [-0.05, 0) is 61.7 Å². The van der Waals surface area contributed by atoms with Crippen LogP contribution in [0.4, 0.5) is 11.4 Å². The lowest BCUT2D eigenvalue weighted by Gasteiger charge is -2.16. The summed E-state index contributed by atoms with van der Waals surface area (Å²) in [6.45, 7) is 4.51. The highest BCUT2D eigenvalue weighted by atomic mass is 32.2. The number of hydrogen-bond acceptors (Lipinski definition) is 3. The number of aryl methyl sites for hydroxylation is 1. The van der Waals surface area contributed by atoms with Gasteiger partial charge in [0.25, 0.3) is 10.0 Å². The van der Waals surface area contributed by atoms with Gasteiger partial charge >= 0.3 is 0 Å². The molecule has 0 unspecified atom stereocenters. The Labute approximate surface area is 142 Å². The Kier molecular flexibility index (Phi) is 4.32. The zero-order valence-corrected chi connectivity index (χ0v) is 14.6. The maximum absolute atomic E-state index is 12.6. The molecular weight excluding hydrogens is 324 g/mol. The van der Waals surface area contributed by atoms with Crippen molar-refractivity contribution in [3.63, 3.8) is 0 Å². The molecule has 1 aliphatic heterocycles. The maximum atomic E-state index is 12.6. The lowest BCUT2D eigenvalue weighted by Crippen LogP contribution is -2.23. The summed E-state index contributed by atoms with van der Waals surface area (Å²) in [6.07, 6.45) is 1.39. The average molecular weight is 344 g/mol. The zero-order chi connectivity index (χ0) is 17.3. The van der Waals surface area contributed by atoms with Gasteiger partial charge in [-0.3, -0.25) is 9.52 Å². The molecule has 1 aliphatic rings. The topological polar surface area (TPSA) is 66.5 Å². The van der Waals surface area contributed by atoms with Crippen molar-refractivity contribution in [2.24, 2.45) is 0 Å². The van der Waals surface area contributed by atoms with Gasteiger partial charge < -0.3 is 4.90 Å². The van der Waals surface area contributed by atoms with E-state index in [0.717, 1.165) is 23.2 Å². The molecule has 2 aromatic carbocycles. The third-order valence-corrected chi connectivity index (χ3v) is 5.76. The summed E-state index contributed by atoms with van der Waals surface area (Å²) < 4.78 is 27.8. The largest absolute Gasteiger partial charge is 0.312 e. The van der Waals surface area contributed by atoms with Crippen molar-refractivity contribution in [1.29, 1.82) is 0 Å². The van der Waals surface area contributed by atoms with E-state index in [1.54, 1.807) is 23.1 Å². The number of nitrogens with one attached hydrogen (secondary N) is 1. The van der Waals surface area contributed by atoms with Gasteiger partial charge in [0.05, 0.1) is 10.6 Å². The molecule has 24 heavy (non-hydrogen) atoms. The van der Waals surface area contributed by atoms with Crippen LogP contribution in [0.5, 0.6) is 0 Å². The van der Waals surface area contributed by atoms with Gasteiger partial charge in [0.1, 0.15) is 0 Å². The van der Waals surface area contributed by atoms with E-state index in [1.165, 1.54) is 12.1 Å². The minimum atomic E-state index is -3.66. The number of rotatable bonds is 4. The van der Waals surface area contributed by atoms with E-state index in [9.17, 15) is 13.2 Å². The van der Waals surface area contributed by atoms with Crippen LogP contribution in [0.25, 0.3) is 0 Å². The molecule has 2 aromatic rings. The average Bonchev–Trinajstić information content (AvgIpc) is 2.98. The lowest BCUT2D eigenvalue weighted by molar-refractivity contribution is -0.117. The molecule has 0 spiro atoms. The van der Waals surface area contributed by atoms with Gasteiger partial charge in [-0.15, -0.1) is 0 Å². The molecule has 1 N–H and O–H groups in total. The smallest absolute Gasteiger partial charge is 0.261 e. The third-order valence-electron chi connectivity index (χ3n) is 4.38. The van der Waals surface area contributed by atoms with Crippen LogP contribution in [0, 0.1) is 13.8 Å². The minimum Gasteiger partial charge on any atom is -0.312 e. The number of nitrogens with zero attached hydrogens (tertiary/aromatic N) is 1. The first kappa shape index (κ1) is 16.5. The van der Waals surface area contributed by atoms with E-state index >= 15 is 0 Å². The third kappa shape index (κ3) is 3.14. The molecule has 0 atom stereocenters. The summed E-state index contributed by atoms with van der Waals surface area (Å²) >= 11 is 0. The van der Waals surface area contributed by atoms with Crippen LogP contribution in [0.15, 0.2) is 47.4 Å². The number of sulfonamides is 1. The molecule has 0 saturated carbocycles. The zero-order valence-electron chi connectivity index (χ0n) is 13.7. The molecule has 1 heterocycles. The number of hydrogen-bond donors (Lipinski definition) is 1. The van der Waals surface area contributed by atoms with E-state index < -0.39 is 10.0 Å². The molecule has 0 aliphatic carbocycles. The van der Waals surface area contributed by atoms with Gasteiger partial charge in [-0.25, -0.2) is 8.42 Å². The number of amides is 1. The molecule has 0 bridgehead atoms. The van der Waals surface area contributed by atoms with E-state index in [0.29, 0.717) is 18.7 Å². The molecular formula is C18H20N2O3S. The molecule has 0 radical (unpaired) electrons. The van der Waals surface area contributed by atoms with Crippen LogP contribution in [0.3, 0.4) is 0 Å². The summed E-state index contributed by atoms with van der Waals surface area (Å²) in [5.74, 6) is 0.0825. The lowest BCUT2D eigenvalue weighted by atomic mass is 10.1. The molecule has 126 valence electrons. The van der Waals surface area contributed by atoms with Crippen LogP contribution < -0.4 is 9.62 Å². The van der Waals surface area contributed by atoms with Gasteiger partial charge in [0, 0.05) is 18.7 Å². The summed E-state index contributed by atoms with van der Waals surface area (Å²) in [5, 5.41) is 0. The molecule has 1 amide bonds. The predicted molar refractivity (Wildman–Crippen MR) is 94.8 cm³/mol. The van der Waals surface area contributed by atoms with Crippen LogP contribution >= 0.6 is 0 Å². The van der Waals surface area contributed by atoms with Gasteiger partial charge in [0.15, 0.2) is 0 Å². The Balaban J connectivity index is 1.85. The molecule has 3 rings (SSSR count). The first-order valence-electron chi connectivity index (χ1n) is 7.88. The summed E-state index contributed by atoms with van der Waals surface area (Å²) in [4.78, 5) is 13.6. The predicted octanol–water partition coefficient (Wildman–Crippen LogP) is 3.23. The summed E-state index contributed by atoms with van der Waals surface area (Å²) in [6, 6.07) is 11.9. The number of carbonyl (C=O) groups is 1. The van der Waals surface area contributed by atoms with E-state index in [2.05, 4.69) is 4.72 Å². The number of carbonyl (C=O) groups excluding carboxylic acids is 1. The van der Waals surface area contributed by atoms with E-state index in [-0.39, 0.29) is 10.8 Å². The molecule has 1 fully saturated rings. The molecule has 6 heteroatoms. The van der Waals surface area contributed by atoms with E-state index in [1.807, 2.05) is 26.0 Å². The molecule has 1 saturated heterocycles. The standard InChI is InChI=1S/C18H20N2O3S/c1-13-5-3-6-17(14(13)2)19-24(22,23)16-10-8-15(9-11-16)20-12-4-7-18(20)21/h3,5-6,8-11,19H,4,7,12H2,1-2H3. The Morgan fingerprint density at radius 2 is 1.75 bits per heavy atom. The first-order valence-corrected chi connectivity index (χ1v) is 9.36. The van der Waals surface area contributed by atoms with Crippen LogP contribution in [-0.2, 0) is 14.8 Å². The Morgan fingerprint density at radius 3 is 2.38 bits per heavy atom. The van der Waals surface area contributed by atoms with Crippen LogP contribution in [0.2, 0.25) is 0 Å². The molecule has 0 aromatic heterocycles. The quantitative estimate of drug-likeness (QED) is 0.926. The van der Waals surface area contributed by atoms with Crippen molar-refractivity contribution in [2.45, 2.75) is 31.6 Å². The highest BCUT2D eigenvalue weighted by Crippen LogP contribution is 2.25. The highest BCUT2D eigenvalue weighted by molar-refractivity contribution is 7.92. The molecule has 5 nitrogen and oxygen atoms in total. The first-order chi connectivity index (χ1) is 11.4. The van der Waals surface area contributed by atoms with Crippen molar-refractivity contribution < 1.29 is 13.2 Å². The highest BCUT2D eigenvalue weighted by Gasteiger charge is 2.22. The van der Waals surface area contributed by atoms with Gasteiger partial charge in [-0.2, -0.15) is 0 Å². The Bertz CT molecular complexity index is 874. The van der Waals surface area contributed by atoms with Crippen molar-refractivity contribution in [1.82, 2.24) is 0 Å². The van der Waals surface area contributed by atoms with Crippen LogP contribution in [0.1, 0.15) is 24.0 Å². The second-order valence-corrected chi connectivity index (χ2v) is 7.68. The fraction of sp³-hybridized carbons (Fsp3) is 0.278. The second-order valence-electron chi connectivity index (χ2n) is 6.00. The Hall–Kier alpha value is -2.34. The maximum Gasteiger partial charge on any atom is 0.261 e. The van der Waals surface area contributed by atoms with Crippen molar-refractivity contribution in [2.75, 3.05) is 16.2 Å².